The third kappa shape index (κ3) is 4.29. The van der Waals surface area contributed by atoms with E-state index in [1.54, 1.807) is 12.1 Å². The molecule has 2 atom stereocenters. The molecule has 4 heteroatoms. The number of rotatable bonds is 5. The summed E-state index contributed by atoms with van der Waals surface area (Å²) >= 11 is 0. The van der Waals surface area contributed by atoms with Crippen molar-refractivity contribution in [1.29, 1.82) is 0 Å². The molecule has 3 nitrogen and oxygen atoms in total. The normalized spacial score (nSPS) is 19.0. The molecule has 1 heterocycles. The third-order valence-electron chi connectivity index (χ3n) is 4.82. The molecule has 1 amide bonds. The monoisotopic (exact) mass is 306 g/mol. The highest BCUT2D eigenvalue weighted by atomic mass is 19.1. The maximum Gasteiger partial charge on any atom is 0.225 e. The van der Waals surface area contributed by atoms with Gasteiger partial charge in [-0.1, -0.05) is 25.1 Å². The van der Waals surface area contributed by atoms with Crippen molar-refractivity contribution >= 4 is 5.91 Å². The third-order valence-corrected chi connectivity index (χ3v) is 4.82. The smallest absolute Gasteiger partial charge is 0.225 e. The molecule has 1 aromatic rings. The van der Waals surface area contributed by atoms with Crippen LogP contribution in [-0.4, -0.2) is 29.9 Å². The van der Waals surface area contributed by atoms with Crippen LogP contribution in [0.3, 0.4) is 0 Å². The van der Waals surface area contributed by atoms with E-state index >= 15 is 0 Å². The second kappa shape index (κ2) is 7.73. The van der Waals surface area contributed by atoms with Crippen LogP contribution in [0, 0.1) is 17.7 Å². The Labute approximate surface area is 132 Å². The first-order valence-electron chi connectivity index (χ1n) is 8.26. The van der Waals surface area contributed by atoms with E-state index in [9.17, 15) is 9.18 Å². The molecule has 122 valence electrons. The fraction of sp³-hybridized carbons (Fsp3) is 0.611. The van der Waals surface area contributed by atoms with Gasteiger partial charge in [0.05, 0.1) is 0 Å². The van der Waals surface area contributed by atoms with Crippen molar-refractivity contribution in [3.63, 3.8) is 0 Å². The molecular weight excluding hydrogens is 279 g/mol. The highest BCUT2D eigenvalue weighted by molar-refractivity contribution is 5.78. The number of nitrogens with two attached hydrogens (primary N) is 1. The predicted octanol–water partition coefficient (Wildman–Crippen LogP) is 2.98. The zero-order valence-corrected chi connectivity index (χ0v) is 13.6. The maximum absolute atomic E-state index is 13.6. The zero-order valence-electron chi connectivity index (χ0n) is 13.6. The van der Waals surface area contributed by atoms with E-state index in [1.807, 2.05) is 24.8 Å². The molecule has 1 aliphatic rings. The number of nitrogens with zero attached hydrogens (tertiary/aromatic N) is 1. The molecule has 0 bridgehead atoms. The van der Waals surface area contributed by atoms with Crippen LogP contribution >= 0.6 is 0 Å². The number of hydrogen-bond donors (Lipinski definition) is 1. The number of aryl methyl sites for hydroxylation is 1. The quantitative estimate of drug-likeness (QED) is 0.909. The average Bonchev–Trinajstić information content (AvgIpc) is 2.53. The SMILES string of the molecule is CC(CCc1ccccc1F)C(=O)N1CCC(C(C)N)CC1. The Morgan fingerprint density at radius 2 is 1.95 bits per heavy atom. The fourth-order valence-corrected chi connectivity index (χ4v) is 3.15. The van der Waals surface area contributed by atoms with Gasteiger partial charge in [-0.25, -0.2) is 4.39 Å². The molecular formula is C18H27FN2O. The minimum Gasteiger partial charge on any atom is -0.342 e. The van der Waals surface area contributed by atoms with E-state index in [2.05, 4.69) is 0 Å². The summed E-state index contributed by atoms with van der Waals surface area (Å²) in [5.41, 5.74) is 6.63. The molecule has 2 N–H and O–H groups in total. The molecule has 0 radical (unpaired) electrons. The van der Waals surface area contributed by atoms with Gasteiger partial charge in [0.15, 0.2) is 0 Å². The number of carbonyl (C=O) groups is 1. The number of benzene rings is 1. The standard InChI is InChI=1S/C18H27FN2O/c1-13(7-8-16-5-3-4-6-17(16)19)18(22)21-11-9-15(10-12-21)14(2)20/h3-6,13-15H,7-12,20H2,1-2H3. The van der Waals surface area contributed by atoms with Crippen LogP contribution in [0.15, 0.2) is 24.3 Å². The number of likely N-dealkylation sites (tertiary alicyclic amines) is 1. The lowest BCUT2D eigenvalue weighted by Gasteiger charge is -2.35. The fourth-order valence-electron chi connectivity index (χ4n) is 3.15. The molecule has 0 spiro atoms. The molecule has 2 unspecified atom stereocenters. The first-order chi connectivity index (χ1) is 10.5. The summed E-state index contributed by atoms with van der Waals surface area (Å²) in [6, 6.07) is 7.00. The summed E-state index contributed by atoms with van der Waals surface area (Å²) in [7, 11) is 0. The van der Waals surface area contributed by atoms with Gasteiger partial charge in [-0.15, -0.1) is 0 Å². The minimum absolute atomic E-state index is 0.0635. The van der Waals surface area contributed by atoms with Crippen molar-refractivity contribution in [2.75, 3.05) is 13.1 Å². The van der Waals surface area contributed by atoms with Crippen LogP contribution in [0.1, 0.15) is 38.7 Å². The van der Waals surface area contributed by atoms with Crippen molar-refractivity contribution < 1.29 is 9.18 Å². The Bertz CT molecular complexity index is 496. The van der Waals surface area contributed by atoms with Gasteiger partial charge in [0.2, 0.25) is 5.91 Å². The van der Waals surface area contributed by atoms with Gasteiger partial charge in [-0.3, -0.25) is 4.79 Å². The molecule has 1 fully saturated rings. The van der Waals surface area contributed by atoms with Crippen LogP contribution in [0.25, 0.3) is 0 Å². The van der Waals surface area contributed by atoms with Crippen LogP contribution in [0.5, 0.6) is 0 Å². The average molecular weight is 306 g/mol. The predicted molar refractivity (Wildman–Crippen MR) is 86.8 cm³/mol. The highest BCUT2D eigenvalue weighted by Crippen LogP contribution is 2.22. The van der Waals surface area contributed by atoms with E-state index in [4.69, 9.17) is 5.73 Å². The van der Waals surface area contributed by atoms with Gasteiger partial charge in [-0.05, 0) is 50.2 Å². The molecule has 0 saturated carbocycles. The van der Waals surface area contributed by atoms with E-state index in [1.165, 1.54) is 6.07 Å². The summed E-state index contributed by atoms with van der Waals surface area (Å²) in [6.07, 6.45) is 3.27. The van der Waals surface area contributed by atoms with Gasteiger partial charge in [-0.2, -0.15) is 0 Å². The summed E-state index contributed by atoms with van der Waals surface area (Å²) in [6.45, 7) is 5.59. The van der Waals surface area contributed by atoms with E-state index in [-0.39, 0.29) is 23.7 Å². The van der Waals surface area contributed by atoms with Crippen molar-refractivity contribution in [3.8, 4) is 0 Å². The van der Waals surface area contributed by atoms with E-state index < -0.39 is 0 Å². The van der Waals surface area contributed by atoms with Crippen molar-refractivity contribution in [2.45, 2.75) is 45.6 Å². The second-order valence-corrected chi connectivity index (χ2v) is 6.55. The van der Waals surface area contributed by atoms with Crippen molar-refractivity contribution in [2.24, 2.45) is 17.6 Å². The van der Waals surface area contributed by atoms with Gasteiger partial charge < -0.3 is 10.6 Å². The second-order valence-electron chi connectivity index (χ2n) is 6.55. The molecule has 1 aliphatic heterocycles. The van der Waals surface area contributed by atoms with Gasteiger partial charge in [0.1, 0.15) is 5.82 Å². The lowest BCUT2D eigenvalue weighted by molar-refractivity contribution is -0.136. The summed E-state index contributed by atoms with van der Waals surface area (Å²) < 4.78 is 13.6. The number of hydrogen-bond acceptors (Lipinski definition) is 2. The van der Waals surface area contributed by atoms with Gasteiger partial charge in [0, 0.05) is 25.0 Å². The molecule has 22 heavy (non-hydrogen) atoms. The Morgan fingerprint density at radius 3 is 2.55 bits per heavy atom. The largest absolute Gasteiger partial charge is 0.342 e. The van der Waals surface area contributed by atoms with E-state index in [0.29, 0.717) is 24.3 Å². The van der Waals surface area contributed by atoms with Crippen molar-refractivity contribution in [3.05, 3.63) is 35.6 Å². The summed E-state index contributed by atoms with van der Waals surface area (Å²) in [5.74, 6) is 0.476. The summed E-state index contributed by atoms with van der Waals surface area (Å²) in [4.78, 5) is 14.4. The molecule has 1 saturated heterocycles. The highest BCUT2D eigenvalue weighted by Gasteiger charge is 2.27. The first kappa shape index (κ1) is 16.9. The van der Waals surface area contributed by atoms with Crippen LogP contribution in [0.2, 0.25) is 0 Å². The van der Waals surface area contributed by atoms with E-state index in [0.717, 1.165) is 25.9 Å². The molecule has 2 rings (SSSR count). The van der Waals surface area contributed by atoms with Crippen molar-refractivity contribution in [1.82, 2.24) is 4.90 Å². The van der Waals surface area contributed by atoms with Gasteiger partial charge >= 0.3 is 0 Å². The number of amides is 1. The lowest BCUT2D eigenvalue weighted by atomic mass is 9.90. The number of carbonyl (C=O) groups excluding carboxylic acids is 1. The number of piperidine rings is 1. The van der Waals surface area contributed by atoms with Crippen LogP contribution in [-0.2, 0) is 11.2 Å². The Balaban J connectivity index is 1.81. The molecule has 0 aliphatic carbocycles. The Morgan fingerprint density at radius 1 is 1.32 bits per heavy atom. The topological polar surface area (TPSA) is 46.3 Å². The minimum atomic E-state index is -0.181. The van der Waals surface area contributed by atoms with Crippen LogP contribution < -0.4 is 5.73 Å². The summed E-state index contributed by atoms with van der Waals surface area (Å²) in [5, 5.41) is 0. The molecule has 0 aromatic heterocycles. The first-order valence-corrected chi connectivity index (χ1v) is 8.26. The lowest BCUT2D eigenvalue weighted by Crippen LogP contribution is -2.44. The zero-order chi connectivity index (χ0) is 16.1. The maximum atomic E-state index is 13.6. The van der Waals surface area contributed by atoms with Crippen LogP contribution in [0.4, 0.5) is 4.39 Å². The Kier molecular flexibility index (Phi) is 5.95. The number of halogens is 1. The molecule has 1 aromatic carbocycles. The van der Waals surface area contributed by atoms with Gasteiger partial charge in [0.25, 0.3) is 0 Å². The Hall–Kier alpha value is -1.42.